The molecule has 1 unspecified atom stereocenters. The Labute approximate surface area is 113 Å². The second-order valence-corrected chi connectivity index (χ2v) is 4.86. The van der Waals surface area contributed by atoms with Gasteiger partial charge in [-0.1, -0.05) is 31.9 Å². The molecule has 0 fully saturated rings. The lowest BCUT2D eigenvalue weighted by molar-refractivity contribution is 0.589. The Kier molecular flexibility index (Phi) is 6.00. The highest BCUT2D eigenvalue weighted by molar-refractivity contribution is 6.33. The largest absolute Gasteiger partial charge is 0.353 e. The van der Waals surface area contributed by atoms with Gasteiger partial charge in [-0.15, -0.1) is 0 Å². The third kappa shape index (κ3) is 4.00. The van der Waals surface area contributed by atoms with Gasteiger partial charge in [0.15, 0.2) is 5.82 Å². The molecular formula is C12H19Cl2N3. The first-order valence-electron chi connectivity index (χ1n) is 6.04. The highest BCUT2D eigenvalue weighted by Crippen LogP contribution is 2.26. The predicted molar refractivity (Wildman–Crippen MR) is 74.1 cm³/mol. The third-order valence-electron chi connectivity index (χ3n) is 2.84. The van der Waals surface area contributed by atoms with Crippen LogP contribution in [0.25, 0.3) is 0 Å². The fourth-order valence-electron chi connectivity index (χ4n) is 1.62. The molecule has 0 aromatic carbocycles. The predicted octanol–water partition coefficient (Wildman–Crippen LogP) is 4.19. The van der Waals surface area contributed by atoms with Crippen LogP contribution in [0.5, 0.6) is 0 Å². The van der Waals surface area contributed by atoms with Gasteiger partial charge in [-0.05, 0) is 31.4 Å². The fourth-order valence-corrected chi connectivity index (χ4v) is 1.95. The molecule has 1 aromatic heterocycles. The summed E-state index contributed by atoms with van der Waals surface area (Å²) in [6, 6.07) is 0.394. The Bertz CT molecular complexity index is 358. The number of nitrogens with zero attached hydrogens (tertiary/aromatic N) is 3. The number of rotatable bonds is 6. The van der Waals surface area contributed by atoms with E-state index in [0.717, 1.165) is 31.6 Å². The summed E-state index contributed by atoms with van der Waals surface area (Å²) in [5.41, 5.74) is 0. The highest BCUT2D eigenvalue weighted by Gasteiger charge is 2.17. The van der Waals surface area contributed by atoms with Gasteiger partial charge in [0, 0.05) is 12.6 Å². The average molecular weight is 276 g/mol. The minimum Gasteiger partial charge on any atom is -0.353 e. The Hall–Kier alpha value is -0.540. The van der Waals surface area contributed by atoms with E-state index in [0.29, 0.717) is 11.1 Å². The summed E-state index contributed by atoms with van der Waals surface area (Å²) in [5, 5.41) is 0.806. The van der Waals surface area contributed by atoms with E-state index in [9.17, 15) is 0 Å². The summed E-state index contributed by atoms with van der Waals surface area (Å²) in [7, 11) is 0. The zero-order valence-electron chi connectivity index (χ0n) is 10.6. The maximum atomic E-state index is 6.15. The van der Waals surface area contributed by atoms with Crippen LogP contribution < -0.4 is 4.90 Å². The molecule has 0 bridgehead atoms. The number of halogens is 2. The molecule has 96 valence electrons. The Morgan fingerprint density at radius 3 is 2.65 bits per heavy atom. The van der Waals surface area contributed by atoms with Crippen LogP contribution in [-0.2, 0) is 0 Å². The van der Waals surface area contributed by atoms with E-state index in [1.165, 1.54) is 0 Å². The normalized spacial score (nSPS) is 12.5. The van der Waals surface area contributed by atoms with Gasteiger partial charge < -0.3 is 4.90 Å². The highest BCUT2D eigenvalue weighted by atomic mass is 35.5. The summed E-state index contributed by atoms with van der Waals surface area (Å²) in [4.78, 5) is 10.3. The lowest BCUT2D eigenvalue weighted by Gasteiger charge is -2.30. The lowest BCUT2D eigenvalue weighted by Crippen LogP contribution is -2.34. The number of anilines is 1. The zero-order valence-corrected chi connectivity index (χ0v) is 12.1. The Morgan fingerprint density at radius 2 is 2.06 bits per heavy atom. The molecule has 0 spiro atoms. The number of hydrogen-bond acceptors (Lipinski definition) is 3. The second kappa shape index (κ2) is 7.02. The van der Waals surface area contributed by atoms with E-state index >= 15 is 0 Å². The van der Waals surface area contributed by atoms with Gasteiger partial charge in [-0.3, -0.25) is 0 Å². The van der Waals surface area contributed by atoms with Gasteiger partial charge in [0.1, 0.15) is 5.02 Å². The smallest absolute Gasteiger partial charge is 0.224 e. The first kappa shape index (κ1) is 14.5. The van der Waals surface area contributed by atoms with Gasteiger partial charge in [0.05, 0.1) is 6.20 Å². The van der Waals surface area contributed by atoms with Crippen molar-refractivity contribution in [1.82, 2.24) is 9.97 Å². The van der Waals surface area contributed by atoms with Crippen molar-refractivity contribution in [2.75, 3.05) is 11.4 Å². The van der Waals surface area contributed by atoms with Crippen molar-refractivity contribution in [2.24, 2.45) is 0 Å². The molecule has 0 radical (unpaired) electrons. The standard InChI is InChI=1S/C12H19Cl2N3/c1-4-6-7-17(9(3)5-2)11-10(13)8-15-12(14)16-11/h8-9H,4-7H2,1-3H3. The van der Waals surface area contributed by atoms with Crippen LogP contribution >= 0.6 is 23.2 Å². The molecule has 0 aliphatic heterocycles. The van der Waals surface area contributed by atoms with Crippen molar-refractivity contribution < 1.29 is 0 Å². The molecule has 1 rings (SSSR count). The van der Waals surface area contributed by atoms with E-state index in [-0.39, 0.29) is 5.28 Å². The van der Waals surface area contributed by atoms with Crippen molar-refractivity contribution in [2.45, 2.75) is 46.1 Å². The van der Waals surface area contributed by atoms with E-state index < -0.39 is 0 Å². The molecule has 0 N–H and O–H groups in total. The van der Waals surface area contributed by atoms with Gasteiger partial charge in [-0.2, -0.15) is 4.98 Å². The SMILES string of the molecule is CCCCN(c1nc(Cl)ncc1Cl)C(C)CC. The van der Waals surface area contributed by atoms with Crippen LogP contribution in [0.3, 0.4) is 0 Å². The maximum absolute atomic E-state index is 6.15. The fraction of sp³-hybridized carbons (Fsp3) is 0.667. The van der Waals surface area contributed by atoms with Gasteiger partial charge in [0.25, 0.3) is 0 Å². The molecular weight excluding hydrogens is 257 g/mol. The quantitative estimate of drug-likeness (QED) is 0.729. The van der Waals surface area contributed by atoms with E-state index in [2.05, 4.69) is 35.6 Å². The Balaban J connectivity index is 2.98. The second-order valence-electron chi connectivity index (χ2n) is 4.11. The molecule has 3 nitrogen and oxygen atoms in total. The summed E-state index contributed by atoms with van der Waals surface area (Å²) in [5.74, 6) is 0.745. The van der Waals surface area contributed by atoms with Gasteiger partial charge >= 0.3 is 0 Å². The van der Waals surface area contributed by atoms with Gasteiger partial charge in [0.2, 0.25) is 5.28 Å². The summed E-state index contributed by atoms with van der Waals surface area (Å²) in [6.45, 7) is 7.43. The number of unbranched alkanes of at least 4 members (excludes halogenated alkanes) is 1. The van der Waals surface area contributed by atoms with Crippen molar-refractivity contribution in [3.63, 3.8) is 0 Å². The molecule has 0 saturated heterocycles. The van der Waals surface area contributed by atoms with Crippen LogP contribution in [0.1, 0.15) is 40.0 Å². The van der Waals surface area contributed by atoms with E-state index in [1.54, 1.807) is 6.20 Å². The first-order valence-corrected chi connectivity index (χ1v) is 6.80. The Morgan fingerprint density at radius 1 is 1.35 bits per heavy atom. The van der Waals surface area contributed by atoms with Crippen molar-refractivity contribution in [1.29, 1.82) is 0 Å². The molecule has 0 aliphatic rings. The van der Waals surface area contributed by atoms with Crippen LogP contribution in [0, 0.1) is 0 Å². The minimum absolute atomic E-state index is 0.245. The average Bonchev–Trinajstić information content (AvgIpc) is 2.33. The molecule has 1 atom stereocenters. The van der Waals surface area contributed by atoms with Crippen molar-refractivity contribution in [3.05, 3.63) is 16.5 Å². The summed E-state index contributed by atoms with van der Waals surface area (Å²) >= 11 is 12.0. The first-order chi connectivity index (χ1) is 8.10. The minimum atomic E-state index is 0.245. The number of hydrogen-bond donors (Lipinski definition) is 0. The molecule has 17 heavy (non-hydrogen) atoms. The van der Waals surface area contributed by atoms with Gasteiger partial charge in [-0.25, -0.2) is 4.98 Å². The summed E-state index contributed by atoms with van der Waals surface area (Å²) in [6.07, 6.45) is 4.86. The molecule has 0 saturated carbocycles. The zero-order chi connectivity index (χ0) is 12.8. The molecule has 1 heterocycles. The molecule has 5 heteroatoms. The van der Waals surface area contributed by atoms with E-state index in [1.807, 2.05) is 0 Å². The van der Waals surface area contributed by atoms with Crippen LogP contribution in [0.4, 0.5) is 5.82 Å². The van der Waals surface area contributed by atoms with Crippen LogP contribution in [0.15, 0.2) is 6.20 Å². The molecule has 0 amide bonds. The molecule has 1 aromatic rings. The third-order valence-corrected chi connectivity index (χ3v) is 3.29. The van der Waals surface area contributed by atoms with Crippen molar-refractivity contribution >= 4 is 29.0 Å². The maximum Gasteiger partial charge on any atom is 0.224 e. The topological polar surface area (TPSA) is 29.0 Å². The van der Waals surface area contributed by atoms with Crippen molar-refractivity contribution in [3.8, 4) is 0 Å². The van der Waals surface area contributed by atoms with Crippen LogP contribution in [-0.4, -0.2) is 22.6 Å². The molecule has 0 aliphatic carbocycles. The van der Waals surface area contributed by atoms with E-state index in [4.69, 9.17) is 23.2 Å². The lowest BCUT2D eigenvalue weighted by atomic mass is 10.2. The summed E-state index contributed by atoms with van der Waals surface area (Å²) < 4.78 is 0. The van der Waals surface area contributed by atoms with Crippen LogP contribution in [0.2, 0.25) is 10.3 Å². The number of aromatic nitrogens is 2. The monoisotopic (exact) mass is 275 g/mol.